The lowest BCUT2D eigenvalue weighted by Gasteiger charge is -2.32. The zero-order chi connectivity index (χ0) is 20.6. The Morgan fingerprint density at radius 1 is 1.27 bits per heavy atom. The van der Waals surface area contributed by atoms with Crippen LogP contribution in [0.5, 0.6) is 0 Å². The van der Waals surface area contributed by atoms with Crippen molar-refractivity contribution in [3.05, 3.63) is 23.7 Å². The first-order valence-electron chi connectivity index (χ1n) is 10.8. The Morgan fingerprint density at radius 3 is 2.67 bits per heavy atom. The molecule has 8 nitrogen and oxygen atoms in total. The van der Waals surface area contributed by atoms with E-state index in [0.717, 1.165) is 69.8 Å². The summed E-state index contributed by atoms with van der Waals surface area (Å²) in [7, 11) is 0. The molecule has 2 aliphatic heterocycles. The van der Waals surface area contributed by atoms with E-state index < -0.39 is 0 Å². The number of carbonyl (C=O) groups excluding carboxylic acids is 1. The standard InChI is InChI=1S/C21H35N5O3.HI/c1-4-20(27)26-9-8-17(15-26)24-21(22-5-2)23-14-18(19-7-6-16(3)29-19)25-10-12-28-13-11-25;/h6-7,17-18H,4-5,8-15H2,1-3H3,(H2,22,23,24);1H. The van der Waals surface area contributed by atoms with Gasteiger partial charge in [0.2, 0.25) is 5.91 Å². The summed E-state index contributed by atoms with van der Waals surface area (Å²) in [6.45, 7) is 12.1. The van der Waals surface area contributed by atoms with Gasteiger partial charge >= 0.3 is 0 Å². The number of morpholine rings is 1. The van der Waals surface area contributed by atoms with Crippen molar-refractivity contribution in [2.24, 2.45) is 4.99 Å². The summed E-state index contributed by atoms with van der Waals surface area (Å²) in [5, 5.41) is 6.86. The van der Waals surface area contributed by atoms with E-state index in [4.69, 9.17) is 14.1 Å². The first-order chi connectivity index (χ1) is 14.1. The summed E-state index contributed by atoms with van der Waals surface area (Å²) in [6, 6.07) is 4.38. The first kappa shape index (κ1) is 24.9. The average molecular weight is 533 g/mol. The number of nitrogens with zero attached hydrogens (tertiary/aromatic N) is 3. The maximum absolute atomic E-state index is 11.9. The van der Waals surface area contributed by atoms with Gasteiger partial charge in [0.1, 0.15) is 11.5 Å². The molecule has 2 aliphatic rings. The Morgan fingerprint density at radius 2 is 2.03 bits per heavy atom. The summed E-state index contributed by atoms with van der Waals surface area (Å²) in [5.41, 5.74) is 0. The second kappa shape index (κ2) is 12.5. The predicted octanol–water partition coefficient (Wildman–Crippen LogP) is 2.15. The summed E-state index contributed by atoms with van der Waals surface area (Å²) in [4.78, 5) is 21.1. The normalized spacial score (nSPS) is 21.2. The van der Waals surface area contributed by atoms with E-state index in [0.29, 0.717) is 13.0 Å². The van der Waals surface area contributed by atoms with Crippen LogP contribution < -0.4 is 10.6 Å². The minimum Gasteiger partial charge on any atom is -0.465 e. The van der Waals surface area contributed by atoms with Gasteiger partial charge in [0, 0.05) is 45.2 Å². The molecule has 0 aromatic carbocycles. The smallest absolute Gasteiger partial charge is 0.222 e. The second-order valence-corrected chi connectivity index (χ2v) is 7.66. The van der Waals surface area contributed by atoms with Crippen LogP contribution >= 0.6 is 24.0 Å². The molecule has 3 rings (SSSR count). The van der Waals surface area contributed by atoms with E-state index in [1.54, 1.807) is 0 Å². The Labute approximate surface area is 196 Å². The number of hydrogen-bond donors (Lipinski definition) is 2. The van der Waals surface area contributed by atoms with Gasteiger partial charge in [-0.2, -0.15) is 0 Å². The summed E-state index contributed by atoms with van der Waals surface area (Å²) >= 11 is 0. The van der Waals surface area contributed by atoms with Gasteiger partial charge in [-0.25, -0.2) is 0 Å². The molecule has 2 atom stereocenters. The highest BCUT2D eigenvalue weighted by atomic mass is 127. The number of rotatable bonds is 7. The van der Waals surface area contributed by atoms with E-state index in [9.17, 15) is 4.79 Å². The number of likely N-dealkylation sites (tertiary alicyclic amines) is 1. The average Bonchev–Trinajstić information content (AvgIpc) is 3.38. The Balaban J connectivity index is 0.00000320. The monoisotopic (exact) mass is 533 g/mol. The van der Waals surface area contributed by atoms with E-state index in [-0.39, 0.29) is 42.0 Å². The molecule has 0 spiro atoms. The zero-order valence-corrected chi connectivity index (χ0v) is 20.7. The molecule has 1 amide bonds. The van der Waals surface area contributed by atoms with Crippen LogP contribution in [0, 0.1) is 6.92 Å². The molecule has 9 heteroatoms. The molecule has 2 N–H and O–H groups in total. The third-order valence-corrected chi connectivity index (χ3v) is 5.53. The maximum atomic E-state index is 11.9. The van der Waals surface area contributed by atoms with Gasteiger partial charge in [0.15, 0.2) is 5.96 Å². The molecule has 1 aromatic heterocycles. The highest BCUT2D eigenvalue weighted by molar-refractivity contribution is 14.0. The van der Waals surface area contributed by atoms with Crippen LogP contribution in [0.15, 0.2) is 21.5 Å². The fourth-order valence-corrected chi connectivity index (χ4v) is 3.93. The van der Waals surface area contributed by atoms with Crippen LogP contribution in [0.2, 0.25) is 0 Å². The second-order valence-electron chi connectivity index (χ2n) is 7.66. The van der Waals surface area contributed by atoms with Crippen molar-refractivity contribution in [1.29, 1.82) is 0 Å². The molecule has 1 aromatic rings. The number of hydrogen-bond acceptors (Lipinski definition) is 5. The number of aryl methyl sites for hydroxylation is 1. The van der Waals surface area contributed by atoms with Crippen molar-refractivity contribution in [2.45, 2.75) is 45.7 Å². The number of furan rings is 1. The van der Waals surface area contributed by atoms with Crippen LogP contribution in [0.1, 0.15) is 44.3 Å². The minimum absolute atomic E-state index is 0. The lowest BCUT2D eigenvalue weighted by molar-refractivity contribution is -0.129. The number of amides is 1. The highest BCUT2D eigenvalue weighted by Gasteiger charge is 2.27. The van der Waals surface area contributed by atoms with Crippen LogP contribution in [-0.2, 0) is 9.53 Å². The number of ether oxygens (including phenoxy) is 1. The molecular weight excluding hydrogens is 497 g/mol. The number of carbonyl (C=O) groups is 1. The molecule has 2 saturated heterocycles. The van der Waals surface area contributed by atoms with E-state index in [1.165, 1.54) is 0 Å². The molecule has 2 unspecified atom stereocenters. The molecule has 170 valence electrons. The lowest BCUT2D eigenvalue weighted by Crippen LogP contribution is -2.46. The zero-order valence-electron chi connectivity index (χ0n) is 18.4. The van der Waals surface area contributed by atoms with Gasteiger partial charge < -0.3 is 24.7 Å². The summed E-state index contributed by atoms with van der Waals surface area (Å²) in [5.74, 6) is 2.88. The van der Waals surface area contributed by atoms with Crippen molar-refractivity contribution >= 4 is 35.8 Å². The number of halogens is 1. The van der Waals surface area contributed by atoms with E-state index >= 15 is 0 Å². The summed E-state index contributed by atoms with van der Waals surface area (Å²) < 4.78 is 11.5. The molecule has 0 aliphatic carbocycles. The Kier molecular flexibility index (Phi) is 10.4. The van der Waals surface area contributed by atoms with Gasteiger partial charge in [-0.05, 0) is 32.4 Å². The van der Waals surface area contributed by atoms with Crippen LogP contribution in [-0.4, -0.2) is 80.2 Å². The fourth-order valence-electron chi connectivity index (χ4n) is 3.93. The largest absolute Gasteiger partial charge is 0.465 e. The third kappa shape index (κ3) is 6.84. The SMILES string of the molecule is CCNC(=NCC(c1ccc(C)o1)N1CCOCC1)NC1CCN(C(=O)CC)C1.I. The molecule has 3 heterocycles. The highest BCUT2D eigenvalue weighted by Crippen LogP contribution is 2.24. The molecular formula is C21H36IN5O3. The number of guanidine groups is 1. The van der Waals surface area contributed by atoms with Gasteiger partial charge in [-0.3, -0.25) is 14.7 Å². The molecule has 0 radical (unpaired) electrons. The minimum atomic E-state index is 0. The fraction of sp³-hybridized carbons (Fsp3) is 0.714. The van der Waals surface area contributed by atoms with Gasteiger partial charge in [-0.1, -0.05) is 6.92 Å². The van der Waals surface area contributed by atoms with Gasteiger partial charge in [-0.15, -0.1) is 24.0 Å². The Hall–Kier alpha value is -1.33. The van der Waals surface area contributed by atoms with E-state index in [2.05, 4.69) is 28.5 Å². The van der Waals surface area contributed by atoms with Crippen LogP contribution in [0.4, 0.5) is 0 Å². The molecule has 30 heavy (non-hydrogen) atoms. The maximum Gasteiger partial charge on any atom is 0.222 e. The van der Waals surface area contributed by atoms with Crippen molar-refractivity contribution in [1.82, 2.24) is 20.4 Å². The lowest BCUT2D eigenvalue weighted by atomic mass is 10.1. The predicted molar refractivity (Wildman–Crippen MR) is 128 cm³/mol. The van der Waals surface area contributed by atoms with E-state index in [1.807, 2.05) is 24.8 Å². The van der Waals surface area contributed by atoms with Crippen molar-refractivity contribution in [3.63, 3.8) is 0 Å². The van der Waals surface area contributed by atoms with Gasteiger partial charge in [0.25, 0.3) is 0 Å². The topological polar surface area (TPSA) is 82.3 Å². The number of nitrogens with one attached hydrogen (secondary N) is 2. The Bertz CT molecular complexity index is 690. The van der Waals surface area contributed by atoms with Crippen LogP contribution in [0.3, 0.4) is 0 Å². The summed E-state index contributed by atoms with van der Waals surface area (Å²) in [6.07, 6.45) is 1.51. The molecule has 0 saturated carbocycles. The van der Waals surface area contributed by atoms with Crippen molar-refractivity contribution in [2.75, 3.05) is 52.5 Å². The quantitative estimate of drug-likeness (QED) is 0.318. The first-order valence-corrected chi connectivity index (χ1v) is 10.8. The third-order valence-electron chi connectivity index (χ3n) is 5.53. The van der Waals surface area contributed by atoms with Gasteiger partial charge in [0.05, 0.1) is 25.8 Å². The number of aliphatic imine (C=N–C) groups is 1. The molecule has 0 bridgehead atoms. The van der Waals surface area contributed by atoms with Crippen molar-refractivity contribution in [3.8, 4) is 0 Å². The molecule has 2 fully saturated rings. The van der Waals surface area contributed by atoms with Crippen molar-refractivity contribution < 1.29 is 13.9 Å². The van der Waals surface area contributed by atoms with Crippen LogP contribution in [0.25, 0.3) is 0 Å².